The van der Waals surface area contributed by atoms with Gasteiger partial charge in [0.05, 0.1) is 31.8 Å². The molecule has 0 aliphatic rings. The van der Waals surface area contributed by atoms with Crippen LogP contribution in [0.3, 0.4) is 0 Å². The second-order valence-electron chi connectivity index (χ2n) is 4.08. The van der Waals surface area contributed by atoms with E-state index < -0.39 is 5.41 Å². The van der Waals surface area contributed by atoms with Gasteiger partial charge in [0.25, 0.3) is 0 Å². The van der Waals surface area contributed by atoms with E-state index in [-0.39, 0.29) is 13.2 Å². The van der Waals surface area contributed by atoms with Gasteiger partial charge in [-0.05, 0) is 24.3 Å². The van der Waals surface area contributed by atoms with Crippen LogP contribution in [0.5, 0.6) is 0 Å². The Morgan fingerprint density at radius 3 is 1.53 bits per heavy atom. The molecule has 0 aliphatic heterocycles. The number of rotatable bonds is 12. The van der Waals surface area contributed by atoms with Gasteiger partial charge in [0.15, 0.2) is 0 Å². The maximum Gasteiger partial charge on any atom is 0.0632 e. The molecule has 17 heavy (non-hydrogen) atoms. The molecule has 0 aliphatic carbocycles. The van der Waals surface area contributed by atoms with Crippen LogP contribution in [-0.4, -0.2) is 61.4 Å². The van der Waals surface area contributed by atoms with E-state index in [1.165, 1.54) is 0 Å². The highest BCUT2D eigenvalue weighted by Crippen LogP contribution is 2.17. The van der Waals surface area contributed by atoms with Crippen molar-refractivity contribution in [2.75, 3.05) is 51.1 Å². The Labute approximate surface area is 115 Å². The van der Waals surface area contributed by atoms with Crippen molar-refractivity contribution in [3.05, 3.63) is 0 Å². The summed E-state index contributed by atoms with van der Waals surface area (Å²) in [5.41, 5.74) is -0.701. The highest BCUT2D eigenvalue weighted by Gasteiger charge is 2.29. The van der Waals surface area contributed by atoms with Gasteiger partial charge in [-0.3, -0.25) is 0 Å². The Kier molecular flexibility index (Phi) is 12.0. The summed E-state index contributed by atoms with van der Waals surface area (Å²) in [4.78, 5) is 0. The molecule has 0 bridgehead atoms. The topological polar surface area (TPSA) is 58.9 Å². The van der Waals surface area contributed by atoms with Gasteiger partial charge in [-0.25, -0.2) is 0 Å². The second kappa shape index (κ2) is 11.6. The van der Waals surface area contributed by atoms with Gasteiger partial charge in [0.1, 0.15) is 0 Å². The van der Waals surface area contributed by atoms with Crippen LogP contribution < -0.4 is 0 Å². The number of hydrogen-bond donors (Lipinski definition) is 4. The van der Waals surface area contributed by atoms with Crippen LogP contribution in [0.1, 0.15) is 12.8 Å². The van der Waals surface area contributed by atoms with Gasteiger partial charge in [0.2, 0.25) is 0 Å². The molecular formula is C11H24O4S2. The van der Waals surface area contributed by atoms with Gasteiger partial charge in [0, 0.05) is 13.2 Å². The second-order valence-corrected chi connectivity index (χ2v) is 4.97. The van der Waals surface area contributed by atoms with E-state index in [0.29, 0.717) is 26.4 Å². The van der Waals surface area contributed by atoms with Crippen molar-refractivity contribution in [1.82, 2.24) is 0 Å². The SMILES string of the molecule is OCC(CO)(COCCCS)COCCCS. The highest BCUT2D eigenvalue weighted by atomic mass is 32.1. The van der Waals surface area contributed by atoms with Crippen molar-refractivity contribution >= 4 is 25.3 Å². The summed E-state index contributed by atoms with van der Waals surface area (Å²) >= 11 is 8.16. The predicted molar refractivity (Wildman–Crippen MR) is 75.2 cm³/mol. The van der Waals surface area contributed by atoms with Gasteiger partial charge in [-0.1, -0.05) is 0 Å². The molecule has 0 aromatic carbocycles. The van der Waals surface area contributed by atoms with E-state index in [0.717, 1.165) is 24.3 Å². The molecule has 0 saturated carbocycles. The Morgan fingerprint density at radius 2 is 1.24 bits per heavy atom. The predicted octanol–water partition coefficient (Wildman–Crippen LogP) is 0.630. The van der Waals surface area contributed by atoms with Gasteiger partial charge in [-0.2, -0.15) is 25.3 Å². The molecule has 0 aromatic rings. The monoisotopic (exact) mass is 284 g/mol. The van der Waals surface area contributed by atoms with Crippen LogP contribution in [0.4, 0.5) is 0 Å². The third-order valence-corrected chi connectivity index (χ3v) is 3.01. The van der Waals surface area contributed by atoms with Crippen molar-refractivity contribution in [2.45, 2.75) is 12.8 Å². The molecule has 0 saturated heterocycles. The molecular weight excluding hydrogens is 260 g/mol. The standard InChI is InChI=1S/C11H24O4S2/c12-7-11(8-13,9-14-3-1-5-16)10-15-4-2-6-17/h12-13,16-17H,1-10H2. The van der Waals surface area contributed by atoms with Gasteiger partial charge in [-0.15, -0.1) is 0 Å². The lowest BCUT2D eigenvalue weighted by Crippen LogP contribution is -2.40. The van der Waals surface area contributed by atoms with Crippen LogP contribution >= 0.6 is 25.3 Å². The molecule has 0 fully saturated rings. The van der Waals surface area contributed by atoms with Crippen LogP contribution in [0.15, 0.2) is 0 Å². The molecule has 0 aromatic heterocycles. The Morgan fingerprint density at radius 1 is 0.824 bits per heavy atom. The summed E-state index contributed by atoms with van der Waals surface area (Å²) in [5.74, 6) is 1.54. The lowest BCUT2D eigenvalue weighted by molar-refractivity contribution is -0.0764. The lowest BCUT2D eigenvalue weighted by Gasteiger charge is -2.29. The average Bonchev–Trinajstić information content (AvgIpc) is 2.37. The minimum atomic E-state index is -0.701. The van der Waals surface area contributed by atoms with E-state index in [2.05, 4.69) is 25.3 Å². The zero-order valence-electron chi connectivity index (χ0n) is 10.2. The zero-order chi connectivity index (χ0) is 13.0. The van der Waals surface area contributed by atoms with Crippen LogP contribution in [-0.2, 0) is 9.47 Å². The number of ether oxygens (including phenoxy) is 2. The molecule has 6 heteroatoms. The lowest BCUT2D eigenvalue weighted by atomic mass is 9.92. The van der Waals surface area contributed by atoms with E-state index in [4.69, 9.17) is 9.47 Å². The first kappa shape index (κ1) is 17.5. The maximum atomic E-state index is 9.34. The fourth-order valence-electron chi connectivity index (χ4n) is 1.18. The van der Waals surface area contributed by atoms with Crippen molar-refractivity contribution in [3.63, 3.8) is 0 Å². The number of hydrogen-bond acceptors (Lipinski definition) is 6. The largest absolute Gasteiger partial charge is 0.396 e. The van der Waals surface area contributed by atoms with E-state index in [1.54, 1.807) is 0 Å². The number of aliphatic hydroxyl groups excluding tert-OH is 2. The van der Waals surface area contributed by atoms with E-state index in [1.807, 2.05) is 0 Å². The smallest absolute Gasteiger partial charge is 0.0632 e. The summed E-state index contributed by atoms with van der Waals surface area (Å²) in [6.07, 6.45) is 1.72. The molecule has 0 radical (unpaired) electrons. The molecule has 4 nitrogen and oxygen atoms in total. The quantitative estimate of drug-likeness (QED) is 0.314. The first-order chi connectivity index (χ1) is 8.24. The number of thiol groups is 2. The Bertz CT molecular complexity index is 152. The molecule has 0 rings (SSSR count). The molecule has 0 amide bonds. The molecule has 2 N–H and O–H groups in total. The Balaban J connectivity index is 3.88. The van der Waals surface area contributed by atoms with Crippen LogP contribution in [0, 0.1) is 5.41 Å². The van der Waals surface area contributed by atoms with E-state index >= 15 is 0 Å². The number of aliphatic hydroxyl groups is 2. The van der Waals surface area contributed by atoms with Crippen molar-refractivity contribution < 1.29 is 19.7 Å². The van der Waals surface area contributed by atoms with Crippen molar-refractivity contribution in [2.24, 2.45) is 5.41 Å². The third-order valence-electron chi connectivity index (χ3n) is 2.38. The zero-order valence-corrected chi connectivity index (χ0v) is 12.0. The molecule has 0 spiro atoms. The normalized spacial score (nSPS) is 12.0. The summed E-state index contributed by atoms with van der Waals surface area (Å²) in [7, 11) is 0. The molecule has 0 atom stereocenters. The van der Waals surface area contributed by atoms with E-state index in [9.17, 15) is 10.2 Å². The average molecular weight is 284 g/mol. The summed E-state index contributed by atoms with van der Waals surface area (Å²) in [6, 6.07) is 0. The molecule has 0 unspecified atom stereocenters. The van der Waals surface area contributed by atoms with Gasteiger partial charge >= 0.3 is 0 Å². The third kappa shape index (κ3) is 8.29. The van der Waals surface area contributed by atoms with Crippen molar-refractivity contribution in [1.29, 1.82) is 0 Å². The molecule has 104 valence electrons. The maximum absolute atomic E-state index is 9.34. The summed E-state index contributed by atoms with van der Waals surface area (Å²) in [5, 5.41) is 18.7. The van der Waals surface area contributed by atoms with Crippen LogP contribution in [0.25, 0.3) is 0 Å². The highest BCUT2D eigenvalue weighted by molar-refractivity contribution is 7.80. The summed E-state index contributed by atoms with van der Waals surface area (Å²) in [6.45, 7) is 1.48. The first-order valence-corrected chi connectivity index (χ1v) is 7.10. The molecule has 0 heterocycles. The first-order valence-electron chi connectivity index (χ1n) is 5.83. The fraction of sp³-hybridized carbons (Fsp3) is 1.00. The van der Waals surface area contributed by atoms with Gasteiger partial charge < -0.3 is 19.7 Å². The minimum Gasteiger partial charge on any atom is -0.396 e. The summed E-state index contributed by atoms with van der Waals surface area (Å²) < 4.78 is 10.8. The van der Waals surface area contributed by atoms with Crippen LogP contribution in [0.2, 0.25) is 0 Å². The minimum absolute atomic E-state index is 0.148. The fourth-order valence-corrected chi connectivity index (χ4v) is 1.44. The Hall–Kier alpha value is 0.540. The van der Waals surface area contributed by atoms with Crippen molar-refractivity contribution in [3.8, 4) is 0 Å².